The molecule has 2 heterocycles. The van der Waals surface area contributed by atoms with Gasteiger partial charge >= 0.3 is 5.69 Å². The van der Waals surface area contributed by atoms with Gasteiger partial charge in [-0.15, -0.1) is 0 Å². The van der Waals surface area contributed by atoms with Gasteiger partial charge in [-0.05, 0) is 61.9 Å². The summed E-state index contributed by atoms with van der Waals surface area (Å²) >= 11 is 1.34. The minimum absolute atomic E-state index is 0.0956. The van der Waals surface area contributed by atoms with Crippen LogP contribution in [0, 0.1) is 13.8 Å². The number of fused-ring (bicyclic) bond motifs is 1. The van der Waals surface area contributed by atoms with Gasteiger partial charge in [-0.3, -0.25) is 14.3 Å². The zero-order valence-electron chi connectivity index (χ0n) is 17.1. The molecule has 0 radical (unpaired) electrons. The molecule has 30 heavy (non-hydrogen) atoms. The Hall–Kier alpha value is -2.93. The lowest BCUT2D eigenvalue weighted by atomic mass is 10.1. The van der Waals surface area contributed by atoms with Gasteiger partial charge in [0.1, 0.15) is 5.03 Å². The Morgan fingerprint density at radius 2 is 2.10 bits per heavy atom. The average Bonchev–Trinajstić information content (AvgIpc) is 3.22. The van der Waals surface area contributed by atoms with Crippen molar-refractivity contribution in [1.82, 2.24) is 14.5 Å². The van der Waals surface area contributed by atoms with Crippen molar-refractivity contribution in [1.29, 1.82) is 0 Å². The zero-order chi connectivity index (χ0) is 21.1. The van der Waals surface area contributed by atoms with Crippen molar-refractivity contribution in [3.8, 4) is 0 Å². The molecule has 1 N–H and O–H groups in total. The van der Waals surface area contributed by atoms with Crippen LogP contribution in [0.4, 0.5) is 5.69 Å². The molecule has 1 aliphatic rings. The standard InChI is InChI=1S/C23H24N4O2S/c1-15-8-9-16(2)19(11-15)25-21(28)14-30-22-18-6-3-7-20(18)27(23(29)26-22)13-17-5-4-10-24-12-17/h4-5,8-12H,3,6-7,13-14H2,1-2H3,(H,25,28). The predicted octanol–water partition coefficient (Wildman–Crippen LogP) is 3.52. The first-order valence-corrected chi connectivity index (χ1v) is 11.0. The summed E-state index contributed by atoms with van der Waals surface area (Å²) in [5.74, 6) is 0.126. The van der Waals surface area contributed by atoms with Crippen molar-refractivity contribution in [2.75, 3.05) is 11.1 Å². The molecule has 0 aliphatic heterocycles. The van der Waals surface area contributed by atoms with Crippen LogP contribution in [0.3, 0.4) is 0 Å². The summed E-state index contributed by atoms with van der Waals surface area (Å²) < 4.78 is 1.75. The van der Waals surface area contributed by atoms with Crippen LogP contribution in [0.1, 0.15) is 34.4 Å². The molecule has 2 aromatic heterocycles. The van der Waals surface area contributed by atoms with Gasteiger partial charge in [0, 0.05) is 29.3 Å². The van der Waals surface area contributed by atoms with Crippen molar-refractivity contribution in [2.45, 2.75) is 44.7 Å². The van der Waals surface area contributed by atoms with Crippen molar-refractivity contribution >= 4 is 23.4 Å². The maximum absolute atomic E-state index is 12.7. The summed E-state index contributed by atoms with van der Waals surface area (Å²) in [5.41, 5.74) is 5.79. The summed E-state index contributed by atoms with van der Waals surface area (Å²) in [6.45, 7) is 4.44. The number of nitrogens with zero attached hydrogens (tertiary/aromatic N) is 3. The lowest BCUT2D eigenvalue weighted by Gasteiger charge is -2.14. The Balaban J connectivity index is 1.50. The van der Waals surface area contributed by atoms with Crippen LogP contribution in [0.25, 0.3) is 0 Å². The van der Waals surface area contributed by atoms with Gasteiger partial charge in [-0.25, -0.2) is 4.79 Å². The van der Waals surface area contributed by atoms with E-state index in [9.17, 15) is 9.59 Å². The summed E-state index contributed by atoms with van der Waals surface area (Å²) in [4.78, 5) is 33.7. The highest BCUT2D eigenvalue weighted by Gasteiger charge is 2.22. The maximum Gasteiger partial charge on any atom is 0.349 e. The van der Waals surface area contributed by atoms with E-state index < -0.39 is 0 Å². The average molecular weight is 421 g/mol. The molecule has 0 saturated heterocycles. The highest BCUT2D eigenvalue weighted by atomic mass is 32.2. The highest BCUT2D eigenvalue weighted by Crippen LogP contribution is 2.29. The Bertz CT molecular complexity index is 1140. The number of carbonyl (C=O) groups excluding carboxylic acids is 1. The fourth-order valence-corrected chi connectivity index (χ4v) is 4.61. The highest BCUT2D eigenvalue weighted by molar-refractivity contribution is 8.00. The molecule has 4 rings (SSSR count). The van der Waals surface area contributed by atoms with E-state index in [2.05, 4.69) is 15.3 Å². The van der Waals surface area contributed by atoms with Crippen molar-refractivity contribution in [2.24, 2.45) is 0 Å². The second-order valence-corrected chi connectivity index (χ2v) is 8.55. The summed E-state index contributed by atoms with van der Waals surface area (Å²) in [6, 6.07) is 9.81. The summed E-state index contributed by atoms with van der Waals surface area (Å²) in [7, 11) is 0. The van der Waals surface area contributed by atoms with Gasteiger partial charge in [0.05, 0.1) is 12.3 Å². The molecule has 0 bridgehead atoms. The molecule has 3 aromatic rings. The van der Waals surface area contributed by atoms with E-state index in [1.807, 2.05) is 44.2 Å². The largest absolute Gasteiger partial charge is 0.349 e. The summed E-state index contributed by atoms with van der Waals surface area (Å²) in [6.07, 6.45) is 6.23. The molecule has 154 valence electrons. The van der Waals surface area contributed by atoms with E-state index >= 15 is 0 Å². The molecule has 0 unspecified atom stereocenters. The topological polar surface area (TPSA) is 76.9 Å². The Labute approximate surface area is 179 Å². The van der Waals surface area contributed by atoms with Crippen LogP contribution in [-0.4, -0.2) is 26.2 Å². The van der Waals surface area contributed by atoms with E-state index in [4.69, 9.17) is 0 Å². The van der Waals surface area contributed by atoms with Crippen molar-refractivity contribution in [3.05, 3.63) is 81.2 Å². The van der Waals surface area contributed by atoms with E-state index in [1.165, 1.54) is 11.8 Å². The number of anilines is 1. The number of hydrogen-bond donors (Lipinski definition) is 1. The van der Waals surface area contributed by atoms with Gasteiger partial charge in [0.25, 0.3) is 0 Å². The molecule has 0 saturated carbocycles. The Morgan fingerprint density at radius 3 is 2.90 bits per heavy atom. The third-order valence-electron chi connectivity index (χ3n) is 5.27. The predicted molar refractivity (Wildman–Crippen MR) is 119 cm³/mol. The van der Waals surface area contributed by atoms with Gasteiger partial charge in [-0.1, -0.05) is 30.0 Å². The zero-order valence-corrected chi connectivity index (χ0v) is 18.0. The lowest BCUT2D eigenvalue weighted by molar-refractivity contribution is -0.113. The number of pyridine rings is 1. The fourth-order valence-electron chi connectivity index (χ4n) is 3.73. The maximum atomic E-state index is 12.7. The number of hydrogen-bond acceptors (Lipinski definition) is 5. The first-order chi connectivity index (χ1) is 14.5. The van der Waals surface area contributed by atoms with Gasteiger partial charge in [0.2, 0.25) is 5.91 Å². The van der Waals surface area contributed by atoms with Crippen molar-refractivity contribution in [3.63, 3.8) is 0 Å². The van der Waals surface area contributed by atoms with E-state index in [0.717, 1.165) is 52.9 Å². The SMILES string of the molecule is Cc1ccc(C)c(NC(=O)CSc2nc(=O)n(Cc3cccnc3)c3c2CCC3)c1. The smallest absolute Gasteiger partial charge is 0.325 e. The van der Waals surface area contributed by atoms with E-state index in [-0.39, 0.29) is 17.3 Å². The molecule has 1 aliphatic carbocycles. The van der Waals surface area contributed by atoms with Crippen LogP contribution in [0.5, 0.6) is 0 Å². The number of benzene rings is 1. The monoisotopic (exact) mass is 420 g/mol. The van der Waals surface area contributed by atoms with Crippen LogP contribution in [0.15, 0.2) is 52.5 Å². The third kappa shape index (κ3) is 4.46. The normalized spacial score (nSPS) is 12.6. The molecule has 0 fully saturated rings. The molecule has 7 heteroatoms. The first-order valence-electron chi connectivity index (χ1n) is 10.0. The van der Waals surface area contributed by atoms with Crippen LogP contribution < -0.4 is 11.0 Å². The second-order valence-electron chi connectivity index (χ2n) is 7.58. The van der Waals surface area contributed by atoms with E-state index in [1.54, 1.807) is 17.0 Å². The van der Waals surface area contributed by atoms with Gasteiger partial charge in [0.15, 0.2) is 0 Å². The Morgan fingerprint density at radius 1 is 1.23 bits per heavy atom. The minimum Gasteiger partial charge on any atom is -0.325 e. The van der Waals surface area contributed by atoms with Crippen LogP contribution >= 0.6 is 11.8 Å². The molecule has 0 spiro atoms. The number of aromatic nitrogens is 3. The number of thioether (sulfide) groups is 1. The molecule has 1 aromatic carbocycles. The molecule has 0 atom stereocenters. The quantitative estimate of drug-likeness (QED) is 0.488. The van der Waals surface area contributed by atoms with Crippen molar-refractivity contribution < 1.29 is 4.79 Å². The number of carbonyl (C=O) groups is 1. The van der Waals surface area contributed by atoms with Crippen LogP contribution in [0.2, 0.25) is 0 Å². The van der Waals surface area contributed by atoms with Crippen LogP contribution in [-0.2, 0) is 24.2 Å². The van der Waals surface area contributed by atoms with Gasteiger partial charge in [-0.2, -0.15) is 4.98 Å². The minimum atomic E-state index is -0.267. The number of aryl methyl sites for hydroxylation is 2. The number of nitrogens with one attached hydrogen (secondary N) is 1. The van der Waals surface area contributed by atoms with E-state index in [0.29, 0.717) is 11.6 Å². The molecular formula is C23H24N4O2S. The van der Waals surface area contributed by atoms with Gasteiger partial charge < -0.3 is 5.32 Å². The lowest BCUT2D eigenvalue weighted by Crippen LogP contribution is -2.28. The summed E-state index contributed by atoms with van der Waals surface area (Å²) in [5, 5.41) is 3.66. The third-order valence-corrected chi connectivity index (χ3v) is 6.29. The number of amides is 1. The fraction of sp³-hybridized carbons (Fsp3) is 0.304. The number of rotatable bonds is 6. The molecule has 6 nitrogen and oxygen atoms in total. The molecule has 1 amide bonds. The second kappa shape index (κ2) is 8.83. The first kappa shape index (κ1) is 20.3. The molecular weight excluding hydrogens is 396 g/mol. The Kier molecular flexibility index (Phi) is 5.99.